The second-order valence-electron chi connectivity index (χ2n) is 4.60. The monoisotopic (exact) mass is 364 g/mol. The van der Waals surface area contributed by atoms with Crippen molar-refractivity contribution in [3.8, 4) is 5.75 Å². The van der Waals surface area contributed by atoms with Crippen LogP contribution in [0.2, 0.25) is 0 Å². The van der Waals surface area contributed by atoms with E-state index in [1.165, 1.54) is 7.11 Å². The third kappa shape index (κ3) is 4.56. The Bertz CT molecular complexity index is 560. The molecular weight excluding hydrogens is 347 g/mol. The molecule has 0 aromatic heterocycles. The number of nitrogens with one attached hydrogen (secondary N) is 2. The lowest BCUT2D eigenvalue weighted by Crippen LogP contribution is -2.18. The lowest BCUT2D eigenvalue weighted by molar-refractivity contribution is 0.208. The van der Waals surface area contributed by atoms with Gasteiger partial charge in [0, 0.05) is 11.8 Å². The average molecular weight is 365 g/mol. The van der Waals surface area contributed by atoms with Crippen LogP contribution in [-0.2, 0) is 12.8 Å². The summed E-state index contributed by atoms with van der Waals surface area (Å²) in [6, 6.07) is 0. The van der Waals surface area contributed by atoms with Crippen molar-refractivity contribution in [1.82, 2.24) is 0 Å². The summed E-state index contributed by atoms with van der Waals surface area (Å²) in [6.45, 7) is 1.77. The Labute approximate surface area is 143 Å². The van der Waals surface area contributed by atoms with Gasteiger partial charge < -0.3 is 14.9 Å². The van der Waals surface area contributed by atoms with E-state index in [9.17, 15) is 9.59 Å². The molecule has 0 saturated heterocycles. The highest BCUT2D eigenvalue weighted by Gasteiger charge is 2.24. The van der Waals surface area contributed by atoms with Crippen LogP contribution in [0.5, 0.6) is 5.75 Å². The van der Waals surface area contributed by atoms with Gasteiger partial charge in [0.25, 0.3) is 0 Å². The number of carboxylic acid groups (broad SMARTS) is 2. The van der Waals surface area contributed by atoms with Crippen LogP contribution >= 0.6 is 23.2 Å². The number of ether oxygens (including phenoxy) is 1. The van der Waals surface area contributed by atoms with Gasteiger partial charge >= 0.3 is 12.2 Å². The van der Waals surface area contributed by atoms with E-state index >= 15 is 0 Å². The number of anilines is 2. The number of methoxy groups -OCH3 is 1. The fourth-order valence-electron chi connectivity index (χ4n) is 2.45. The van der Waals surface area contributed by atoms with Crippen LogP contribution in [0.4, 0.5) is 21.0 Å². The molecule has 1 aromatic carbocycles. The second-order valence-corrected chi connectivity index (χ2v) is 5.36. The molecule has 0 heterocycles. The van der Waals surface area contributed by atoms with Gasteiger partial charge in [0.1, 0.15) is 0 Å². The zero-order chi connectivity index (χ0) is 17.6. The smallest absolute Gasteiger partial charge is 0.409 e. The molecule has 0 fully saturated rings. The van der Waals surface area contributed by atoms with E-state index in [1.807, 2.05) is 0 Å². The minimum Gasteiger partial charge on any atom is -0.492 e. The molecule has 0 atom stereocenters. The van der Waals surface area contributed by atoms with Crippen LogP contribution in [0.3, 0.4) is 0 Å². The van der Waals surface area contributed by atoms with E-state index in [-0.39, 0.29) is 28.9 Å². The number of carbonyl (C=O) groups is 2. The van der Waals surface area contributed by atoms with Crippen LogP contribution in [0, 0.1) is 6.92 Å². The summed E-state index contributed by atoms with van der Waals surface area (Å²) in [7, 11) is 1.33. The molecule has 7 nitrogen and oxygen atoms in total. The van der Waals surface area contributed by atoms with Crippen molar-refractivity contribution in [1.29, 1.82) is 0 Å². The Morgan fingerprint density at radius 2 is 1.39 bits per heavy atom. The maximum Gasteiger partial charge on any atom is 0.409 e. The number of hydrogen-bond acceptors (Lipinski definition) is 3. The molecule has 23 heavy (non-hydrogen) atoms. The molecule has 0 aliphatic rings. The Kier molecular flexibility index (Phi) is 7.25. The molecule has 1 rings (SSSR count). The standard InChI is InChI=1S/C14H18Cl2N2O5/c1-7-8(3-5-15)10(17-13(19)20)12(23-2)11(18-14(21)22)9(7)4-6-16/h17-18H,3-6H2,1-2H3,(H,19,20)(H,21,22). The van der Waals surface area contributed by atoms with Crippen LogP contribution in [0.25, 0.3) is 0 Å². The lowest BCUT2D eigenvalue weighted by atomic mass is 9.94. The minimum absolute atomic E-state index is 0.0978. The second kappa shape index (κ2) is 8.69. The molecule has 0 aliphatic carbocycles. The molecule has 4 N–H and O–H groups in total. The number of halogens is 2. The molecular formula is C14H18Cl2N2O5. The lowest BCUT2D eigenvalue weighted by Gasteiger charge is -2.23. The largest absolute Gasteiger partial charge is 0.492 e. The molecule has 9 heteroatoms. The Morgan fingerprint density at radius 3 is 1.65 bits per heavy atom. The first kappa shape index (κ1) is 19.2. The predicted octanol–water partition coefficient (Wildman–Crippen LogP) is 3.75. The Hall–Kier alpha value is -1.86. The number of benzene rings is 1. The van der Waals surface area contributed by atoms with E-state index in [0.29, 0.717) is 24.0 Å². The van der Waals surface area contributed by atoms with Gasteiger partial charge in [-0.3, -0.25) is 10.6 Å². The van der Waals surface area contributed by atoms with Gasteiger partial charge in [-0.25, -0.2) is 9.59 Å². The van der Waals surface area contributed by atoms with Crippen molar-refractivity contribution in [3.05, 3.63) is 16.7 Å². The van der Waals surface area contributed by atoms with Gasteiger partial charge in [0.05, 0.1) is 18.5 Å². The van der Waals surface area contributed by atoms with Crippen molar-refractivity contribution in [3.63, 3.8) is 0 Å². The maximum atomic E-state index is 11.1. The summed E-state index contributed by atoms with van der Waals surface area (Å²) in [5.74, 6) is 0.634. The molecule has 2 amide bonds. The minimum atomic E-state index is -1.29. The number of rotatable bonds is 7. The first-order chi connectivity index (χ1) is 10.9. The van der Waals surface area contributed by atoms with Gasteiger partial charge in [-0.15, -0.1) is 23.2 Å². The molecule has 0 aliphatic heterocycles. The van der Waals surface area contributed by atoms with Gasteiger partial charge in [0.15, 0.2) is 5.75 Å². The van der Waals surface area contributed by atoms with Gasteiger partial charge in [-0.05, 0) is 36.5 Å². The van der Waals surface area contributed by atoms with Crippen LogP contribution in [0.15, 0.2) is 0 Å². The summed E-state index contributed by atoms with van der Waals surface area (Å²) in [5.41, 5.74) is 2.38. The summed E-state index contributed by atoms with van der Waals surface area (Å²) in [5, 5.41) is 22.7. The maximum absolute atomic E-state index is 11.1. The summed E-state index contributed by atoms with van der Waals surface area (Å²) in [6.07, 6.45) is -1.79. The van der Waals surface area contributed by atoms with Crippen LogP contribution in [0.1, 0.15) is 16.7 Å². The summed E-state index contributed by atoms with van der Waals surface area (Å²) in [4.78, 5) is 22.2. The Balaban J connectivity index is 3.73. The van der Waals surface area contributed by atoms with E-state index < -0.39 is 12.2 Å². The van der Waals surface area contributed by atoms with Gasteiger partial charge in [-0.1, -0.05) is 0 Å². The fraction of sp³-hybridized carbons (Fsp3) is 0.429. The van der Waals surface area contributed by atoms with Crippen molar-refractivity contribution in [2.75, 3.05) is 29.5 Å². The number of amides is 2. The summed E-state index contributed by atoms with van der Waals surface area (Å²) >= 11 is 11.6. The zero-order valence-electron chi connectivity index (χ0n) is 12.7. The van der Waals surface area contributed by atoms with Crippen LogP contribution in [-0.4, -0.2) is 41.3 Å². The van der Waals surface area contributed by atoms with Crippen molar-refractivity contribution >= 4 is 46.8 Å². The van der Waals surface area contributed by atoms with E-state index in [2.05, 4.69) is 10.6 Å². The molecule has 0 saturated carbocycles. The highest BCUT2D eigenvalue weighted by molar-refractivity contribution is 6.18. The molecule has 1 aromatic rings. The zero-order valence-corrected chi connectivity index (χ0v) is 14.2. The van der Waals surface area contributed by atoms with Crippen molar-refractivity contribution in [2.24, 2.45) is 0 Å². The normalized spacial score (nSPS) is 10.3. The molecule has 0 spiro atoms. The summed E-state index contributed by atoms with van der Waals surface area (Å²) < 4.78 is 5.27. The fourth-order valence-corrected chi connectivity index (χ4v) is 2.83. The quantitative estimate of drug-likeness (QED) is 0.551. The molecule has 128 valence electrons. The Morgan fingerprint density at radius 1 is 1.00 bits per heavy atom. The first-order valence-electron chi connectivity index (χ1n) is 6.71. The van der Waals surface area contributed by atoms with E-state index in [0.717, 1.165) is 5.56 Å². The third-order valence-corrected chi connectivity index (χ3v) is 3.70. The number of hydrogen-bond donors (Lipinski definition) is 4. The first-order valence-corrected chi connectivity index (χ1v) is 7.78. The third-order valence-electron chi connectivity index (χ3n) is 3.32. The van der Waals surface area contributed by atoms with Crippen molar-refractivity contribution in [2.45, 2.75) is 19.8 Å². The molecule has 0 unspecified atom stereocenters. The highest BCUT2D eigenvalue weighted by atomic mass is 35.5. The van der Waals surface area contributed by atoms with E-state index in [4.69, 9.17) is 38.2 Å². The van der Waals surface area contributed by atoms with Crippen LogP contribution < -0.4 is 15.4 Å². The SMILES string of the molecule is COc1c(NC(=O)O)c(CCCl)c(C)c(CCCl)c1NC(=O)O. The topological polar surface area (TPSA) is 108 Å². The van der Waals surface area contributed by atoms with Crippen molar-refractivity contribution < 1.29 is 24.5 Å². The molecule has 0 bridgehead atoms. The average Bonchev–Trinajstić information content (AvgIpc) is 2.46. The van der Waals surface area contributed by atoms with Gasteiger partial charge in [-0.2, -0.15) is 0 Å². The van der Waals surface area contributed by atoms with E-state index in [1.54, 1.807) is 6.92 Å². The highest BCUT2D eigenvalue weighted by Crippen LogP contribution is 2.43. The predicted molar refractivity (Wildman–Crippen MR) is 89.9 cm³/mol. The number of alkyl halides is 2. The van der Waals surface area contributed by atoms with Gasteiger partial charge in [0.2, 0.25) is 0 Å². The molecule has 0 radical (unpaired) electrons.